The van der Waals surface area contributed by atoms with Gasteiger partial charge in [0.15, 0.2) is 0 Å². The molecule has 0 spiro atoms. The van der Waals surface area contributed by atoms with Crippen molar-refractivity contribution in [3.05, 3.63) is 21.9 Å². The molecule has 0 saturated heterocycles. The standard InChI is InChI=1S/C7H11NOS/c1-5-3-4-10-6(5)7(9)8-2/h3-4,7-9H,1-2H3. The average Bonchev–Trinajstić information content (AvgIpc) is 2.34. The maximum atomic E-state index is 9.30. The van der Waals surface area contributed by atoms with Gasteiger partial charge >= 0.3 is 0 Å². The molecule has 56 valence electrons. The molecule has 2 N–H and O–H groups in total. The number of aryl methyl sites for hydroxylation is 1. The molecule has 0 aliphatic rings. The average molecular weight is 157 g/mol. The van der Waals surface area contributed by atoms with Crippen LogP contribution in [0.4, 0.5) is 0 Å². The lowest BCUT2D eigenvalue weighted by Gasteiger charge is -2.06. The molecule has 10 heavy (non-hydrogen) atoms. The monoisotopic (exact) mass is 157 g/mol. The summed E-state index contributed by atoms with van der Waals surface area (Å²) in [5, 5.41) is 14.0. The minimum atomic E-state index is -0.500. The van der Waals surface area contributed by atoms with Gasteiger partial charge in [-0.1, -0.05) is 0 Å². The fourth-order valence-electron chi connectivity index (χ4n) is 0.796. The molecule has 0 fully saturated rings. The van der Waals surface area contributed by atoms with Gasteiger partial charge in [-0.15, -0.1) is 11.3 Å². The summed E-state index contributed by atoms with van der Waals surface area (Å²) in [7, 11) is 1.74. The van der Waals surface area contributed by atoms with Gasteiger partial charge < -0.3 is 5.11 Å². The first-order valence-corrected chi connectivity index (χ1v) is 4.03. The van der Waals surface area contributed by atoms with Crippen LogP contribution in [0.3, 0.4) is 0 Å². The molecule has 0 aliphatic heterocycles. The van der Waals surface area contributed by atoms with Crippen molar-refractivity contribution >= 4 is 11.3 Å². The van der Waals surface area contributed by atoms with Crippen molar-refractivity contribution in [3.8, 4) is 0 Å². The summed E-state index contributed by atoms with van der Waals surface area (Å²) in [5.74, 6) is 0. The van der Waals surface area contributed by atoms with E-state index < -0.39 is 6.23 Å². The Morgan fingerprint density at radius 2 is 2.40 bits per heavy atom. The summed E-state index contributed by atoms with van der Waals surface area (Å²) in [6.45, 7) is 1.99. The van der Waals surface area contributed by atoms with E-state index in [1.165, 1.54) is 0 Å². The second kappa shape index (κ2) is 3.14. The third-order valence-corrected chi connectivity index (χ3v) is 2.49. The van der Waals surface area contributed by atoms with Crippen LogP contribution in [-0.4, -0.2) is 12.2 Å². The van der Waals surface area contributed by atoms with E-state index in [0.29, 0.717) is 0 Å². The Hall–Kier alpha value is -0.380. The highest BCUT2D eigenvalue weighted by molar-refractivity contribution is 7.10. The van der Waals surface area contributed by atoms with Crippen molar-refractivity contribution in [2.24, 2.45) is 0 Å². The minimum absolute atomic E-state index is 0.500. The zero-order chi connectivity index (χ0) is 7.56. The second-order valence-electron chi connectivity index (χ2n) is 2.16. The van der Waals surface area contributed by atoms with Crippen LogP contribution < -0.4 is 5.32 Å². The van der Waals surface area contributed by atoms with E-state index in [2.05, 4.69) is 5.32 Å². The molecule has 1 aromatic rings. The van der Waals surface area contributed by atoms with Gasteiger partial charge in [-0.2, -0.15) is 0 Å². The molecule has 1 unspecified atom stereocenters. The van der Waals surface area contributed by atoms with Gasteiger partial charge in [-0.25, -0.2) is 0 Å². The van der Waals surface area contributed by atoms with Gasteiger partial charge in [-0.3, -0.25) is 5.32 Å². The highest BCUT2D eigenvalue weighted by atomic mass is 32.1. The predicted molar refractivity (Wildman–Crippen MR) is 43.1 cm³/mol. The number of thiophene rings is 1. The van der Waals surface area contributed by atoms with Gasteiger partial charge in [0.2, 0.25) is 0 Å². The van der Waals surface area contributed by atoms with Crippen LogP contribution in [-0.2, 0) is 0 Å². The number of nitrogens with one attached hydrogen (secondary N) is 1. The first-order chi connectivity index (χ1) is 4.75. The van der Waals surface area contributed by atoms with E-state index >= 15 is 0 Å². The number of hydrogen-bond acceptors (Lipinski definition) is 3. The molecular weight excluding hydrogens is 146 g/mol. The van der Waals surface area contributed by atoms with E-state index in [1.54, 1.807) is 18.4 Å². The molecule has 0 saturated carbocycles. The highest BCUT2D eigenvalue weighted by Gasteiger charge is 2.07. The fourth-order valence-corrected chi connectivity index (χ4v) is 1.72. The van der Waals surface area contributed by atoms with Gasteiger partial charge in [0.25, 0.3) is 0 Å². The van der Waals surface area contributed by atoms with Gasteiger partial charge in [0.05, 0.1) is 4.88 Å². The largest absolute Gasteiger partial charge is 0.373 e. The lowest BCUT2D eigenvalue weighted by molar-refractivity contribution is 0.152. The van der Waals surface area contributed by atoms with Gasteiger partial charge in [0, 0.05) is 0 Å². The van der Waals surface area contributed by atoms with Gasteiger partial charge in [0.1, 0.15) is 6.23 Å². The van der Waals surface area contributed by atoms with E-state index in [9.17, 15) is 5.11 Å². The van der Waals surface area contributed by atoms with Crippen molar-refractivity contribution in [1.82, 2.24) is 5.32 Å². The third-order valence-electron chi connectivity index (χ3n) is 1.42. The van der Waals surface area contributed by atoms with Crippen molar-refractivity contribution in [3.63, 3.8) is 0 Å². The molecule has 1 atom stereocenters. The Balaban J connectivity index is 2.82. The summed E-state index contributed by atoms with van der Waals surface area (Å²) >= 11 is 1.57. The zero-order valence-electron chi connectivity index (χ0n) is 6.09. The van der Waals surface area contributed by atoms with Crippen molar-refractivity contribution in [2.45, 2.75) is 13.2 Å². The molecule has 1 rings (SSSR count). The molecule has 1 heterocycles. The van der Waals surface area contributed by atoms with E-state index in [0.717, 1.165) is 10.4 Å². The lowest BCUT2D eigenvalue weighted by atomic mass is 10.3. The summed E-state index contributed by atoms with van der Waals surface area (Å²) in [5.41, 5.74) is 1.15. The molecule has 0 bridgehead atoms. The highest BCUT2D eigenvalue weighted by Crippen LogP contribution is 2.21. The third kappa shape index (κ3) is 1.37. The van der Waals surface area contributed by atoms with Gasteiger partial charge in [-0.05, 0) is 31.0 Å². The summed E-state index contributed by atoms with van der Waals surface area (Å²) in [4.78, 5) is 1.00. The Labute approximate surface area is 64.5 Å². The van der Waals surface area contributed by atoms with E-state index in [4.69, 9.17) is 0 Å². The van der Waals surface area contributed by atoms with Crippen LogP contribution in [0.25, 0.3) is 0 Å². The van der Waals surface area contributed by atoms with Crippen molar-refractivity contribution < 1.29 is 5.11 Å². The second-order valence-corrected chi connectivity index (χ2v) is 3.11. The van der Waals surface area contributed by atoms with Crippen molar-refractivity contribution in [1.29, 1.82) is 0 Å². The van der Waals surface area contributed by atoms with Crippen LogP contribution in [0.15, 0.2) is 11.4 Å². The quantitative estimate of drug-likeness (QED) is 0.634. The number of rotatable bonds is 2. The van der Waals surface area contributed by atoms with Crippen LogP contribution in [0.2, 0.25) is 0 Å². The molecule has 0 aromatic carbocycles. The Kier molecular flexibility index (Phi) is 2.43. The Morgan fingerprint density at radius 3 is 2.80 bits per heavy atom. The molecular formula is C7H11NOS. The van der Waals surface area contributed by atoms with Crippen LogP contribution in [0, 0.1) is 6.92 Å². The van der Waals surface area contributed by atoms with Crippen LogP contribution in [0.5, 0.6) is 0 Å². The number of aliphatic hydroxyl groups excluding tert-OH is 1. The van der Waals surface area contributed by atoms with E-state index in [-0.39, 0.29) is 0 Å². The Morgan fingerprint density at radius 1 is 1.70 bits per heavy atom. The molecule has 2 nitrogen and oxygen atoms in total. The van der Waals surface area contributed by atoms with E-state index in [1.807, 2.05) is 18.4 Å². The SMILES string of the molecule is CNC(O)c1sccc1C. The summed E-state index contributed by atoms with van der Waals surface area (Å²) in [6, 6.07) is 2.00. The maximum Gasteiger partial charge on any atom is 0.140 e. The normalized spacial score (nSPS) is 13.5. The fraction of sp³-hybridized carbons (Fsp3) is 0.429. The zero-order valence-corrected chi connectivity index (χ0v) is 6.90. The predicted octanol–water partition coefficient (Wildman–Crippen LogP) is 1.27. The van der Waals surface area contributed by atoms with Crippen LogP contribution >= 0.6 is 11.3 Å². The summed E-state index contributed by atoms with van der Waals surface area (Å²) < 4.78 is 0. The first-order valence-electron chi connectivity index (χ1n) is 3.15. The number of hydrogen-bond donors (Lipinski definition) is 2. The molecule has 0 amide bonds. The topological polar surface area (TPSA) is 32.3 Å². The molecule has 0 aliphatic carbocycles. The minimum Gasteiger partial charge on any atom is -0.373 e. The smallest absolute Gasteiger partial charge is 0.140 e. The molecule has 0 radical (unpaired) electrons. The first kappa shape index (κ1) is 7.72. The molecule has 1 aromatic heterocycles. The van der Waals surface area contributed by atoms with Crippen LogP contribution in [0.1, 0.15) is 16.7 Å². The lowest BCUT2D eigenvalue weighted by Crippen LogP contribution is -2.14. The maximum absolute atomic E-state index is 9.30. The number of aliphatic hydroxyl groups is 1. The Bertz CT molecular complexity index is 209. The van der Waals surface area contributed by atoms with Crippen molar-refractivity contribution in [2.75, 3.05) is 7.05 Å². The molecule has 3 heteroatoms. The summed E-state index contributed by atoms with van der Waals surface area (Å²) in [6.07, 6.45) is -0.500.